The minimum atomic E-state index is -3.63. The molecule has 0 aliphatic rings. The Bertz CT molecular complexity index is 769. The number of anilines is 1. The molecule has 2 aromatic carbocycles. The number of aryl methyl sites for hydroxylation is 1. The van der Waals surface area contributed by atoms with Gasteiger partial charge in [-0.2, -0.15) is 0 Å². The smallest absolute Gasteiger partial charge is 0.261 e. The lowest BCUT2D eigenvalue weighted by Gasteiger charge is -2.14. The molecule has 23 heavy (non-hydrogen) atoms. The number of benzene rings is 2. The zero-order valence-electron chi connectivity index (χ0n) is 13.8. The second-order valence-corrected chi connectivity index (χ2v) is 7.35. The minimum absolute atomic E-state index is 0.204. The van der Waals surface area contributed by atoms with Crippen LogP contribution in [0.4, 0.5) is 5.69 Å². The fourth-order valence-corrected chi connectivity index (χ4v) is 3.32. The van der Waals surface area contributed by atoms with Crippen LogP contribution in [0.25, 0.3) is 0 Å². The number of rotatable bonds is 6. The van der Waals surface area contributed by atoms with Gasteiger partial charge in [0, 0.05) is 6.54 Å². The van der Waals surface area contributed by atoms with Crippen LogP contribution in [0.3, 0.4) is 0 Å². The van der Waals surface area contributed by atoms with E-state index in [2.05, 4.69) is 4.72 Å². The summed E-state index contributed by atoms with van der Waals surface area (Å²) in [6, 6.07) is 12.1. The molecule has 0 saturated heterocycles. The van der Waals surface area contributed by atoms with Gasteiger partial charge in [-0.05, 0) is 62.5 Å². The van der Waals surface area contributed by atoms with Crippen molar-refractivity contribution in [3.05, 3.63) is 53.6 Å². The van der Waals surface area contributed by atoms with E-state index in [9.17, 15) is 8.42 Å². The van der Waals surface area contributed by atoms with Crippen LogP contribution in [0.15, 0.2) is 47.4 Å². The maximum Gasteiger partial charge on any atom is 0.261 e. The maximum atomic E-state index is 12.5. The second-order valence-electron chi connectivity index (χ2n) is 5.67. The van der Waals surface area contributed by atoms with Crippen molar-refractivity contribution in [1.82, 2.24) is 4.90 Å². The normalized spacial score (nSPS) is 11.5. The van der Waals surface area contributed by atoms with Gasteiger partial charge in [0.05, 0.1) is 17.7 Å². The van der Waals surface area contributed by atoms with Crippen LogP contribution in [-0.4, -0.2) is 34.5 Å². The van der Waals surface area contributed by atoms with Gasteiger partial charge in [0.25, 0.3) is 10.0 Å². The second kappa shape index (κ2) is 7.02. The number of methoxy groups -OCH3 is 1. The van der Waals surface area contributed by atoms with Gasteiger partial charge in [0.15, 0.2) is 0 Å². The summed E-state index contributed by atoms with van der Waals surface area (Å²) in [6.45, 7) is 2.63. The topological polar surface area (TPSA) is 58.6 Å². The van der Waals surface area contributed by atoms with Gasteiger partial charge in [0.2, 0.25) is 0 Å². The first-order chi connectivity index (χ1) is 10.8. The van der Waals surface area contributed by atoms with E-state index in [-0.39, 0.29) is 4.90 Å². The van der Waals surface area contributed by atoms with E-state index < -0.39 is 10.0 Å². The monoisotopic (exact) mass is 334 g/mol. The third kappa shape index (κ3) is 4.46. The van der Waals surface area contributed by atoms with Crippen LogP contribution >= 0.6 is 0 Å². The minimum Gasteiger partial charge on any atom is -0.497 e. The van der Waals surface area contributed by atoms with Crippen molar-refractivity contribution in [2.45, 2.75) is 18.4 Å². The number of hydrogen-bond donors (Lipinski definition) is 1. The molecule has 0 aliphatic heterocycles. The molecule has 5 nitrogen and oxygen atoms in total. The molecule has 2 rings (SSSR count). The Labute approximate surface area is 137 Å². The van der Waals surface area contributed by atoms with E-state index in [0.717, 1.165) is 17.7 Å². The highest BCUT2D eigenvalue weighted by Gasteiger charge is 2.15. The SMILES string of the molecule is COc1ccc(S(=O)(=O)Nc2cc(CN(C)C)ccc2C)cc1. The average Bonchev–Trinajstić information content (AvgIpc) is 2.50. The van der Waals surface area contributed by atoms with Crippen LogP contribution < -0.4 is 9.46 Å². The molecule has 0 spiro atoms. The molecule has 0 amide bonds. The van der Waals surface area contributed by atoms with E-state index in [1.807, 2.05) is 44.1 Å². The van der Waals surface area contributed by atoms with Gasteiger partial charge in [0.1, 0.15) is 5.75 Å². The summed E-state index contributed by atoms with van der Waals surface area (Å²) in [5, 5.41) is 0. The van der Waals surface area contributed by atoms with Crippen LogP contribution in [0.5, 0.6) is 5.75 Å². The Hall–Kier alpha value is -2.05. The van der Waals surface area contributed by atoms with Crippen molar-refractivity contribution in [1.29, 1.82) is 0 Å². The van der Waals surface area contributed by atoms with Gasteiger partial charge in [-0.1, -0.05) is 12.1 Å². The molecule has 2 aromatic rings. The number of nitrogens with zero attached hydrogens (tertiary/aromatic N) is 1. The molecule has 1 N–H and O–H groups in total. The van der Waals surface area contributed by atoms with Crippen molar-refractivity contribution in [2.24, 2.45) is 0 Å². The third-order valence-electron chi connectivity index (χ3n) is 3.41. The van der Waals surface area contributed by atoms with Crippen LogP contribution in [0.1, 0.15) is 11.1 Å². The molecule has 0 aliphatic carbocycles. The van der Waals surface area contributed by atoms with Crippen molar-refractivity contribution < 1.29 is 13.2 Å². The Morgan fingerprint density at radius 2 is 1.74 bits per heavy atom. The lowest BCUT2D eigenvalue weighted by atomic mass is 10.1. The predicted octanol–water partition coefficient (Wildman–Crippen LogP) is 2.87. The molecule has 124 valence electrons. The summed E-state index contributed by atoms with van der Waals surface area (Å²) in [6.07, 6.45) is 0. The first kappa shape index (κ1) is 17.3. The Kier molecular flexibility index (Phi) is 5.28. The Balaban J connectivity index is 2.28. The van der Waals surface area contributed by atoms with Crippen LogP contribution in [0.2, 0.25) is 0 Å². The largest absolute Gasteiger partial charge is 0.497 e. The molecule has 0 bridgehead atoms. The van der Waals surface area contributed by atoms with Crippen molar-refractivity contribution >= 4 is 15.7 Å². The third-order valence-corrected chi connectivity index (χ3v) is 4.80. The number of ether oxygens (including phenoxy) is 1. The van der Waals surface area contributed by atoms with Crippen LogP contribution in [-0.2, 0) is 16.6 Å². The highest BCUT2D eigenvalue weighted by atomic mass is 32.2. The highest BCUT2D eigenvalue weighted by Crippen LogP contribution is 2.23. The first-order valence-corrected chi connectivity index (χ1v) is 8.71. The Morgan fingerprint density at radius 3 is 2.30 bits per heavy atom. The quantitative estimate of drug-likeness (QED) is 0.882. The fourth-order valence-electron chi connectivity index (χ4n) is 2.20. The molecule has 0 fully saturated rings. The summed E-state index contributed by atoms with van der Waals surface area (Å²) in [7, 11) is 1.86. The highest BCUT2D eigenvalue weighted by molar-refractivity contribution is 7.92. The lowest BCUT2D eigenvalue weighted by molar-refractivity contribution is 0.402. The van der Waals surface area contributed by atoms with Gasteiger partial charge in [-0.3, -0.25) is 4.72 Å². The van der Waals surface area contributed by atoms with Gasteiger partial charge >= 0.3 is 0 Å². The standard InChI is InChI=1S/C17H22N2O3S/c1-13-5-6-14(12-19(2)3)11-17(13)18-23(20,21)16-9-7-15(22-4)8-10-16/h5-11,18H,12H2,1-4H3. The lowest BCUT2D eigenvalue weighted by Crippen LogP contribution is -2.15. The molecular weight excluding hydrogens is 312 g/mol. The maximum absolute atomic E-state index is 12.5. The number of nitrogens with one attached hydrogen (secondary N) is 1. The number of sulfonamides is 1. The predicted molar refractivity (Wildman–Crippen MR) is 92.4 cm³/mol. The molecular formula is C17H22N2O3S. The molecule has 0 atom stereocenters. The van der Waals surface area contributed by atoms with Crippen molar-refractivity contribution in [3.8, 4) is 5.75 Å². The zero-order chi connectivity index (χ0) is 17.0. The molecule has 0 unspecified atom stereocenters. The van der Waals surface area contributed by atoms with Crippen molar-refractivity contribution in [3.63, 3.8) is 0 Å². The van der Waals surface area contributed by atoms with Gasteiger partial charge in [-0.25, -0.2) is 8.42 Å². The van der Waals surface area contributed by atoms with Gasteiger partial charge in [-0.15, -0.1) is 0 Å². The summed E-state index contributed by atoms with van der Waals surface area (Å²) in [4.78, 5) is 2.24. The molecule has 0 saturated carbocycles. The van der Waals surface area contributed by atoms with Crippen LogP contribution in [0, 0.1) is 6.92 Å². The number of hydrogen-bond acceptors (Lipinski definition) is 4. The average molecular weight is 334 g/mol. The van der Waals surface area contributed by atoms with Crippen molar-refractivity contribution in [2.75, 3.05) is 25.9 Å². The van der Waals surface area contributed by atoms with Gasteiger partial charge < -0.3 is 9.64 Å². The van der Waals surface area contributed by atoms with E-state index >= 15 is 0 Å². The fraction of sp³-hybridized carbons (Fsp3) is 0.294. The van der Waals surface area contributed by atoms with E-state index in [4.69, 9.17) is 4.74 Å². The zero-order valence-corrected chi connectivity index (χ0v) is 14.6. The molecule has 0 radical (unpaired) electrons. The Morgan fingerprint density at radius 1 is 1.09 bits per heavy atom. The summed E-state index contributed by atoms with van der Waals surface area (Å²) in [5.41, 5.74) is 2.53. The van der Waals surface area contributed by atoms with E-state index in [1.54, 1.807) is 19.2 Å². The van der Waals surface area contributed by atoms with E-state index in [0.29, 0.717) is 11.4 Å². The summed E-state index contributed by atoms with van der Waals surface area (Å²) >= 11 is 0. The molecule has 0 heterocycles. The molecule has 0 aromatic heterocycles. The summed E-state index contributed by atoms with van der Waals surface area (Å²) < 4.78 is 32.8. The van der Waals surface area contributed by atoms with E-state index in [1.165, 1.54) is 12.1 Å². The first-order valence-electron chi connectivity index (χ1n) is 7.23. The summed E-state index contributed by atoms with van der Waals surface area (Å²) in [5.74, 6) is 0.619. The molecule has 6 heteroatoms.